The quantitative estimate of drug-likeness (QED) is 0.920. The van der Waals surface area contributed by atoms with Gasteiger partial charge in [0.25, 0.3) is 0 Å². The molecule has 2 amide bonds. The molecule has 6 heteroatoms. The van der Waals surface area contributed by atoms with E-state index in [0.29, 0.717) is 5.75 Å². The maximum Gasteiger partial charge on any atom is 0.237 e. The smallest absolute Gasteiger partial charge is 0.237 e. The fourth-order valence-corrected chi connectivity index (χ4v) is 4.65. The molecule has 1 atom stereocenters. The number of nitrogens with zero attached hydrogens (tertiary/aromatic N) is 1. The second kappa shape index (κ2) is 7.42. The van der Waals surface area contributed by atoms with E-state index >= 15 is 0 Å². The second-order valence-corrected chi connectivity index (χ2v) is 7.89. The van der Waals surface area contributed by atoms with Crippen LogP contribution in [0.15, 0.2) is 24.3 Å². The fourth-order valence-electron chi connectivity index (χ4n) is 2.73. The lowest BCUT2D eigenvalue weighted by Gasteiger charge is -2.26. The van der Waals surface area contributed by atoms with Crippen molar-refractivity contribution in [1.29, 1.82) is 0 Å². The summed E-state index contributed by atoms with van der Waals surface area (Å²) in [6.45, 7) is 1.68. The average Bonchev–Trinajstić information content (AvgIpc) is 2.72. The number of thioether (sulfide) groups is 2. The number of hydrogen-bond acceptors (Lipinski definition) is 4. The highest BCUT2D eigenvalue weighted by molar-refractivity contribution is 8.01. The van der Waals surface area contributed by atoms with E-state index in [9.17, 15) is 9.59 Å². The number of amides is 2. The zero-order valence-electron chi connectivity index (χ0n) is 12.4. The summed E-state index contributed by atoms with van der Waals surface area (Å²) >= 11 is 3.37. The van der Waals surface area contributed by atoms with Crippen molar-refractivity contribution in [3.8, 4) is 0 Å². The highest BCUT2D eigenvalue weighted by Crippen LogP contribution is 2.27. The first kappa shape index (κ1) is 15.7. The Balaban J connectivity index is 1.55. The lowest BCUT2D eigenvalue weighted by Crippen LogP contribution is -2.39. The summed E-state index contributed by atoms with van der Waals surface area (Å²) < 4.78 is 0. The van der Waals surface area contributed by atoms with E-state index < -0.39 is 0 Å². The minimum Gasteiger partial charge on any atom is -0.340 e. The molecule has 2 aliphatic heterocycles. The molecule has 0 aromatic heterocycles. The normalized spacial score (nSPS) is 21.7. The Kier molecular flexibility index (Phi) is 5.31. The highest BCUT2D eigenvalue weighted by Gasteiger charge is 2.26. The molecule has 3 rings (SSSR count). The number of rotatable bonds is 3. The van der Waals surface area contributed by atoms with Gasteiger partial charge >= 0.3 is 0 Å². The molecule has 0 bridgehead atoms. The van der Waals surface area contributed by atoms with Gasteiger partial charge in [0.1, 0.15) is 0 Å². The topological polar surface area (TPSA) is 49.4 Å². The van der Waals surface area contributed by atoms with Crippen LogP contribution in [0.4, 0.5) is 5.69 Å². The molecule has 2 aliphatic rings. The number of carbonyl (C=O) groups is 2. The van der Waals surface area contributed by atoms with Gasteiger partial charge in [-0.2, -0.15) is 11.8 Å². The fraction of sp³-hybridized carbons (Fsp3) is 0.500. The van der Waals surface area contributed by atoms with Crippen LogP contribution < -0.4 is 5.32 Å². The number of fused-ring (bicyclic) bond motifs is 1. The summed E-state index contributed by atoms with van der Waals surface area (Å²) in [7, 11) is 0. The van der Waals surface area contributed by atoms with Crippen molar-refractivity contribution >= 4 is 41.0 Å². The zero-order chi connectivity index (χ0) is 15.4. The summed E-state index contributed by atoms with van der Waals surface area (Å²) in [6.07, 6.45) is 1.66. The summed E-state index contributed by atoms with van der Waals surface area (Å²) in [4.78, 5) is 26.4. The summed E-state index contributed by atoms with van der Waals surface area (Å²) in [6, 6.07) is 7.93. The molecule has 0 spiro atoms. The molecule has 0 radical (unpaired) electrons. The van der Waals surface area contributed by atoms with Gasteiger partial charge < -0.3 is 10.2 Å². The number of carbonyl (C=O) groups excluding carboxylic acids is 2. The summed E-state index contributed by atoms with van der Waals surface area (Å²) in [5, 5.41) is 2.84. The Morgan fingerprint density at radius 3 is 2.91 bits per heavy atom. The van der Waals surface area contributed by atoms with E-state index in [-0.39, 0.29) is 17.1 Å². The van der Waals surface area contributed by atoms with Gasteiger partial charge in [0.05, 0.1) is 11.0 Å². The van der Waals surface area contributed by atoms with Crippen LogP contribution in [0.25, 0.3) is 0 Å². The number of hydrogen-bond donors (Lipinski definition) is 1. The van der Waals surface area contributed by atoms with Crippen LogP contribution in [0.5, 0.6) is 0 Å². The SMILES string of the molecule is O=C1Nc2ccccc2CC[C@H]1SCC(=O)N1CCSCC1. The van der Waals surface area contributed by atoms with Crippen LogP contribution in [0, 0.1) is 0 Å². The van der Waals surface area contributed by atoms with Crippen molar-refractivity contribution in [2.24, 2.45) is 0 Å². The largest absolute Gasteiger partial charge is 0.340 e. The Morgan fingerprint density at radius 2 is 2.09 bits per heavy atom. The molecule has 1 aromatic carbocycles. The number of benzene rings is 1. The van der Waals surface area contributed by atoms with Crippen molar-refractivity contribution in [3.63, 3.8) is 0 Å². The van der Waals surface area contributed by atoms with Crippen molar-refractivity contribution in [3.05, 3.63) is 29.8 Å². The van der Waals surface area contributed by atoms with Crippen LogP contribution in [-0.2, 0) is 16.0 Å². The molecule has 1 fully saturated rings. The third kappa shape index (κ3) is 3.79. The third-order valence-electron chi connectivity index (χ3n) is 4.02. The average molecular weight is 336 g/mol. The molecule has 1 N–H and O–H groups in total. The van der Waals surface area contributed by atoms with Gasteiger partial charge in [0.15, 0.2) is 0 Å². The van der Waals surface area contributed by atoms with Gasteiger partial charge in [-0.15, -0.1) is 11.8 Å². The van der Waals surface area contributed by atoms with E-state index in [4.69, 9.17) is 0 Å². The van der Waals surface area contributed by atoms with Crippen LogP contribution in [0.3, 0.4) is 0 Å². The lowest BCUT2D eigenvalue weighted by molar-refractivity contribution is -0.127. The van der Waals surface area contributed by atoms with Gasteiger partial charge in [-0.25, -0.2) is 0 Å². The molecular formula is C16H20N2O2S2. The Morgan fingerprint density at radius 1 is 1.32 bits per heavy atom. The standard InChI is InChI=1S/C16H20N2O2S2/c19-15(18-7-9-21-10-8-18)11-22-14-6-5-12-3-1-2-4-13(12)17-16(14)20/h1-4,14H,5-11H2,(H,17,20)/t14-/m1/s1. The van der Waals surface area contributed by atoms with E-state index in [0.717, 1.165) is 43.1 Å². The Labute approximate surface area is 139 Å². The van der Waals surface area contributed by atoms with Gasteiger partial charge in [0.2, 0.25) is 11.8 Å². The molecule has 0 saturated carbocycles. The second-order valence-electron chi connectivity index (χ2n) is 5.48. The zero-order valence-corrected chi connectivity index (χ0v) is 14.0. The third-order valence-corrected chi connectivity index (χ3v) is 6.22. The number of anilines is 1. The van der Waals surface area contributed by atoms with E-state index in [1.54, 1.807) is 0 Å². The van der Waals surface area contributed by atoms with Gasteiger partial charge in [0, 0.05) is 30.3 Å². The van der Waals surface area contributed by atoms with Crippen LogP contribution in [-0.4, -0.2) is 52.3 Å². The lowest BCUT2D eigenvalue weighted by atomic mass is 10.1. The number of para-hydroxylation sites is 1. The minimum absolute atomic E-state index is 0.0250. The number of aryl methyl sites for hydroxylation is 1. The molecule has 4 nitrogen and oxygen atoms in total. The van der Waals surface area contributed by atoms with E-state index in [2.05, 4.69) is 11.4 Å². The molecule has 0 aliphatic carbocycles. The molecule has 1 saturated heterocycles. The van der Waals surface area contributed by atoms with E-state index in [1.807, 2.05) is 34.9 Å². The predicted molar refractivity (Wildman–Crippen MR) is 93.5 cm³/mol. The van der Waals surface area contributed by atoms with Crippen LogP contribution in [0.1, 0.15) is 12.0 Å². The van der Waals surface area contributed by atoms with Crippen LogP contribution in [0.2, 0.25) is 0 Å². The predicted octanol–water partition coefficient (Wildman–Crippen LogP) is 2.25. The molecular weight excluding hydrogens is 316 g/mol. The Bertz CT molecular complexity index is 559. The highest BCUT2D eigenvalue weighted by atomic mass is 32.2. The first-order valence-corrected chi connectivity index (χ1v) is 9.80. The van der Waals surface area contributed by atoms with Gasteiger partial charge in [-0.3, -0.25) is 9.59 Å². The van der Waals surface area contributed by atoms with Crippen LogP contribution >= 0.6 is 23.5 Å². The van der Waals surface area contributed by atoms with Crippen molar-refractivity contribution in [1.82, 2.24) is 4.90 Å². The minimum atomic E-state index is -0.143. The maximum atomic E-state index is 12.3. The summed E-state index contributed by atoms with van der Waals surface area (Å²) in [5.41, 5.74) is 2.09. The van der Waals surface area contributed by atoms with Gasteiger partial charge in [-0.1, -0.05) is 18.2 Å². The summed E-state index contributed by atoms with van der Waals surface area (Å²) in [5.74, 6) is 2.64. The van der Waals surface area contributed by atoms with Gasteiger partial charge in [-0.05, 0) is 24.5 Å². The molecule has 118 valence electrons. The first-order valence-electron chi connectivity index (χ1n) is 7.60. The van der Waals surface area contributed by atoms with E-state index in [1.165, 1.54) is 17.3 Å². The van der Waals surface area contributed by atoms with Crippen molar-refractivity contribution < 1.29 is 9.59 Å². The van der Waals surface area contributed by atoms with Crippen molar-refractivity contribution in [2.75, 3.05) is 35.7 Å². The maximum absolute atomic E-state index is 12.3. The monoisotopic (exact) mass is 336 g/mol. The molecule has 0 unspecified atom stereocenters. The Hall–Kier alpha value is -1.14. The molecule has 22 heavy (non-hydrogen) atoms. The molecule has 2 heterocycles. The molecule has 1 aromatic rings. The van der Waals surface area contributed by atoms with Crippen molar-refractivity contribution in [2.45, 2.75) is 18.1 Å². The number of nitrogens with one attached hydrogen (secondary N) is 1. The first-order chi connectivity index (χ1) is 10.7.